The molecule has 0 amide bonds. The molecule has 1 aliphatic heterocycles. The molecule has 94 valence electrons. The van der Waals surface area contributed by atoms with Gasteiger partial charge in [-0.05, 0) is 45.1 Å². The number of aliphatic hydroxyl groups is 1. The van der Waals surface area contributed by atoms with Gasteiger partial charge in [0.15, 0.2) is 0 Å². The topological polar surface area (TPSA) is 32.7 Å². The zero-order valence-corrected chi connectivity index (χ0v) is 10.4. The van der Waals surface area contributed by atoms with Gasteiger partial charge in [0.25, 0.3) is 0 Å². The van der Waals surface area contributed by atoms with Gasteiger partial charge in [0.05, 0.1) is 12.2 Å². The van der Waals surface area contributed by atoms with Gasteiger partial charge < -0.3 is 14.7 Å². The van der Waals surface area contributed by atoms with E-state index in [1.54, 1.807) is 0 Å². The van der Waals surface area contributed by atoms with E-state index in [0.717, 1.165) is 26.1 Å². The number of hydrogen-bond donors (Lipinski definition) is 1. The van der Waals surface area contributed by atoms with Gasteiger partial charge in [-0.25, -0.2) is 0 Å². The number of likely N-dealkylation sites (N-methyl/N-ethyl adjacent to an activating group) is 1. The summed E-state index contributed by atoms with van der Waals surface area (Å²) in [5.74, 6) is 0.494. The van der Waals surface area contributed by atoms with E-state index in [1.165, 1.54) is 32.1 Å². The molecule has 3 unspecified atom stereocenters. The lowest BCUT2D eigenvalue weighted by molar-refractivity contribution is -0.00659. The molecule has 0 radical (unpaired) electrons. The first kappa shape index (κ1) is 12.3. The van der Waals surface area contributed by atoms with Crippen molar-refractivity contribution < 1.29 is 9.84 Å². The number of nitrogens with zero attached hydrogens (tertiary/aromatic N) is 1. The summed E-state index contributed by atoms with van der Waals surface area (Å²) in [5, 5.41) is 9.79. The highest BCUT2D eigenvalue weighted by atomic mass is 16.5. The van der Waals surface area contributed by atoms with Crippen LogP contribution in [0.25, 0.3) is 0 Å². The van der Waals surface area contributed by atoms with Gasteiger partial charge >= 0.3 is 0 Å². The van der Waals surface area contributed by atoms with Gasteiger partial charge in [0, 0.05) is 19.7 Å². The summed E-state index contributed by atoms with van der Waals surface area (Å²) in [6.45, 7) is 2.99. The highest BCUT2D eigenvalue weighted by molar-refractivity contribution is 4.79. The van der Waals surface area contributed by atoms with Gasteiger partial charge in [0.1, 0.15) is 0 Å². The van der Waals surface area contributed by atoms with E-state index in [-0.39, 0.29) is 6.10 Å². The monoisotopic (exact) mass is 227 g/mol. The van der Waals surface area contributed by atoms with E-state index in [4.69, 9.17) is 4.74 Å². The first-order chi connectivity index (χ1) is 7.75. The SMILES string of the molecule is CN(CC1CCCCO1)CC1CCCC1O. The van der Waals surface area contributed by atoms with Gasteiger partial charge in [-0.2, -0.15) is 0 Å². The number of aliphatic hydroxyl groups excluding tert-OH is 1. The third-order valence-electron chi connectivity index (χ3n) is 3.95. The van der Waals surface area contributed by atoms with Crippen LogP contribution in [0.2, 0.25) is 0 Å². The summed E-state index contributed by atoms with van der Waals surface area (Å²) >= 11 is 0. The molecule has 1 aliphatic carbocycles. The normalized spacial score (nSPS) is 35.8. The second-order valence-electron chi connectivity index (χ2n) is 5.47. The van der Waals surface area contributed by atoms with E-state index in [0.29, 0.717) is 12.0 Å². The van der Waals surface area contributed by atoms with E-state index < -0.39 is 0 Å². The fraction of sp³-hybridized carbons (Fsp3) is 1.00. The zero-order chi connectivity index (χ0) is 11.4. The molecule has 3 atom stereocenters. The van der Waals surface area contributed by atoms with Crippen LogP contribution < -0.4 is 0 Å². The molecule has 16 heavy (non-hydrogen) atoms. The predicted molar refractivity (Wildman–Crippen MR) is 64.4 cm³/mol. The minimum atomic E-state index is -0.0604. The van der Waals surface area contributed by atoms with Crippen LogP contribution >= 0.6 is 0 Å². The van der Waals surface area contributed by atoms with Crippen LogP contribution in [-0.2, 0) is 4.74 Å². The first-order valence-electron chi connectivity index (χ1n) is 6.74. The molecule has 2 aliphatic rings. The molecule has 3 heteroatoms. The summed E-state index contributed by atoms with van der Waals surface area (Å²) in [5.41, 5.74) is 0. The second-order valence-corrected chi connectivity index (χ2v) is 5.47. The van der Waals surface area contributed by atoms with Gasteiger partial charge in [-0.3, -0.25) is 0 Å². The van der Waals surface area contributed by atoms with Crippen LogP contribution in [0.3, 0.4) is 0 Å². The molecule has 2 fully saturated rings. The first-order valence-corrected chi connectivity index (χ1v) is 6.74. The Kier molecular flexibility index (Phi) is 4.62. The largest absolute Gasteiger partial charge is 0.393 e. The Hall–Kier alpha value is -0.120. The summed E-state index contributed by atoms with van der Waals surface area (Å²) in [4.78, 5) is 2.34. The van der Waals surface area contributed by atoms with Crippen LogP contribution in [0.15, 0.2) is 0 Å². The smallest absolute Gasteiger partial charge is 0.0701 e. The lowest BCUT2D eigenvalue weighted by atomic mass is 10.0. The molecule has 1 N–H and O–H groups in total. The molecule has 0 aromatic rings. The van der Waals surface area contributed by atoms with Crippen molar-refractivity contribution in [1.29, 1.82) is 0 Å². The van der Waals surface area contributed by atoms with E-state index in [1.807, 2.05) is 0 Å². The molecule has 1 heterocycles. The van der Waals surface area contributed by atoms with Crippen LogP contribution in [0, 0.1) is 5.92 Å². The van der Waals surface area contributed by atoms with Crippen LogP contribution in [0.4, 0.5) is 0 Å². The summed E-state index contributed by atoms with van der Waals surface area (Å²) in [6, 6.07) is 0. The van der Waals surface area contributed by atoms with Crippen molar-refractivity contribution in [2.75, 3.05) is 26.7 Å². The molecule has 2 rings (SSSR count). The number of hydrogen-bond acceptors (Lipinski definition) is 3. The van der Waals surface area contributed by atoms with Crippen molar-refractivity contribution in [3.8, 4) is 0 Å². The lowest BCUT2D eigenvalue weighted by Gasteiger charge is -2.29. The molecule has 3 nitrogen and oxygen atoms in total. The van der Waals surface area contributed by atoms with Crippen molar-refractivity contribution in [2.45, 2.75) is 50.7 Å². The fourth-order valence-electron chi connectivity index (χ4n) is 3.00. The summed E-state index contributed by atoms with van der Waals surface area (Å²) in [6.07, 6.45) is 7.49. The molecular formula is C13H25NO2. The Morgan fingerprint density at radius 3 is 2.62 bits per heavy atom. The van der Waals surface area contributed by atoms with E-state index >= 15 is 0 Å². The Morgan fingerprint density at radius 2 is 2.00 bits per heavy atom. The van der Waals surface area contributed by atoms with Gasteiger partial charge in [-0.1, -0.05) is 6.42 Å². The third-order valence-corrected chi connectivity index (χ3v) is 3.95. The minimum Gasteiger partial charge on any atom is -0.393 e. The zero-order valence-electron chi connectivity index (χ0n) is 10.4. The van der Waals surface area contributed by atoms with Crippen LogP contribution in [-0.4, -0.2) is 49.0 Å². The lowest BCUT2D eigenvalue weighted by Crippen LogP contribution is -2.37. The highest BCUT2D eigenvalue weighted by Crippen LogP contribution is 2.26. The number of ether oxygens (including phenoxy) is 1. The molecule has 1 saturated heterocycles. The second kappa shape index (κ2) is 5.99. The van der Waals surface area contributed by atoms with Crippen molar-refractivity contribution in [2.24, 2.45) is 5.92 Å². The van der Waals surface area contributed by atoms with E-state index in [2.05, 4.69) is 11.9 Å². The maximum Gasteiger partial charge on any atom is 0.0701 e. The third kappa shape index (κ3) is 3.44. The van der Waals surface area contributed by atoms with Crippen molar-refractivity contribution in [3.05, 3.63) is 0 Å². The van der Waals surface area contributed by atoms with Crippen molar-refractivity contribution >= 4 is 0 Å². The maximum absolute atomic E-state index is 9.79. The molecular weight excluding hydrogens is 202 g/mol. The van der Waals surface area contributed by atoms with Gasteiger partial charge in [-0.15, -0.1) is 0 Å². The standard InChI is InChI=1S/C13H25NO2/c1-14(9-11-5-4-7-13(11)15)10-12-6-2-3-8-16-12/h11-13,15H,2-10H2,1H3. The fourth-order valence-corrected chi connectivity index (χ4v) is 3.00. The average molecular weight is 227 g/mol. The Balaban J connectivity index is 1.68. The number of rotatable bonds is 4. The van der Waals surface area contributed by atoms with Crippen LogP contribution in [0.5, 0.6) is 0 Å². The average Bonchev–Trinajstić information content (AvgIpc) is 2.66. The Morgan fingerprint density at radius 1 is 1.12 bits per heavy atom. The summed E-state index contributed by atoms with van der Waals surface area (Å²) in [7, 11) is 2.16. The molecule has 0 aromatic carbocycles. The molecule has 1 saturated carbocycles. The molecule has 0 aromatic heterocycles. The quantitative estimate of drug-likeness (QED) is 0.792. The maximum atomic E-state index is 9.79. The minimum absolute atomic E-state index is 0.0604. The van der Waals surface area contributed by atoms with Crippen molar-refractivity contribution in [1.82, 2.24) is 4.90 Å². The van der Waals surface area contributed by atoms with Gasteiger partial charge in [0.2, 0.25) is 0 Å². The highest BCUT2D eigenvalue weighted by Gasteiger charge is 2.27. The Labute approximate surface area is 98.8 Å². The predicted octanol–water partition coefficient (Wildman–Crippen LogP) is 1.65. The summed E-state index contributed by atoms with van der Waals surface area (Å²) < 4.78 is 5.74. The molecule has 0 bridgehead atoms. The Bertz CT molecular complexity index is 204. The van der Waals surface area contributed by atoms with E-state index in [9.17, 15) is 5.11 Å². The molecule has 0 spiro atoms. The van der Waals surface area contributed by atoms with Crippen molar-refractivity contribution in [3.63, 3.8) is 0 Å². The van der Waals surface area contributed by atoms with Crippen LogP contribution in [0.1, 0.15) is 38.5 Å².